The SMILES string of the molecule is O=C(CNC(=O)N1CCN(c2ncccn2)CC1)NCCc1ccccc1. The van der Waals surface area contributed by atoms with Gasteiger partial charge in [-0.2, -0.15) is 0 Å². The van der Waals surface area contributed by atoms with Crippen molar-refractivity contribution in [3.8, 4) is 0 Å². The molecule has 0 atom stereocenters. The van der Waals surface area contributed by atoms with Gasteiger partial charge >= 0.3 is 6.03 Å². The van der Waals surface area contributed by atoms with Crippen molar-refractivity contribution >= 4 is 17.9 Å². The van der Waals surface area contributed by atoms with Crippen molar-refractivity contribution in [1.82, 2.24) is 25.5 Å². The molecule has 2 heterocycles. The Labute approximate surface area is 158 Å². The molecule has 1 aromatic heterocycles. The first kappa shape index (κ1) is 18.6. The zero-order valence-corrected chi connectivity index (χ0v) is 15.2. The Morgan fingerprint density at radius 1 is 0.926 bits per heavy atom. The van der Waals surface area contributed by atoms with E-state index in [-0.39, 0.29) is 18.5 Å². The fraction of sp³-hybridized carbons (Fsp3) is 0.368. The van der Waals surface area contributed by atoms with Gasteiger partial charge in [0.2, 0.25) is 11.9 Å². The van der Waals surface area contributed by atoms with Crippen molar-refractivity contribution in [2.75, 3.05) is 44.2 Å². The van der Waals surface area contributed by atoms with E-state index in [0.717, 1.165) is 6.42 Å². The quantitative estimate of drug-likeness (QED) is 0.782. The summed E-state index contributed by atoms with van der Waals surface area (Å²) in [7, 11) is 0. The van der Waals surface area contributed by atoms with E-state index in [1.54, 1.807) is 23.4 Å². The summed E-state index contributed by atoms with van der Waals surface area (Å²) in [6.07, 6.45) is 4.18. The molecule has 1 aliphatic heterocycles. The van der Waals surface area contributed by atoms with Crippen molar-refractivity contribution < 1.29 is 9.59 Å². The van der Waals surface area contributed by atoms with Crippen LogP contribution in [0.4, 0.5) is 10.7 Å². The summed E-state index contributed by atoms with van der Waals surface area (Å²) in [5.41, 5.74) is 1.17. The number of nitrogens with one attached hydrogen (secondary N) is 2. The van der Waals surface area contributed by atoms with E-state index in [0.29, 0.717) is 38.7 Å². The lowest BCUT2D eigenvalue weighted by Crippen LogP contribution is -2.53. The summed E-state index contributed by atoms with van der Waals surface area (Å²) in [6, 6.07) is 11.5. The minimum Gasteiger partial charge on any atom is -0.354 e. The molecule has 27 heavy (non-hydrogen) atoms. The molecule has 3 amide bonds. The molecule has 142 valence electrons. The smallest absolute Gasteiger partial charge is 0.317 e. The number of hydrogen-bond acceptors (Lipinski definition) is 5. The average Bonchev–Trinajstić information content (AvgIpc) is 2.73. The van der Waals surface area contributed by atoms with E-state index in [9.17, 15) is 9.59 Å². The van der Waals surface area contributed by atoms with Crippen LogP contribution in [-0.4, -0.2) is 66.1 Å². The molecule has 0 spiro atoms. The van der Waals surface area contributed by atoms with E-state index in [1.807, 2.05) is 35.2 Å². The van der Waals surface area contributed by atoms with Gasteiger partial charge in [-0.05, 0) is 18.1 Å². The molecule has 3 rings (SSSR count). The Morgan fingerprint density at radius 2 is 1.63 bits per heavy atom. The van der Waals surface area contributed by atoms with Crippen LogP contribution in [0.15, 0.2) is 48.8 Å². The number of hydrogen-bond donors (Lipinski definition) is 2. The summed E-state index contributed by atoms with van der Waals surface area (Å²) >= 11 is 0. The van der Waals surface area contributed by atoms with Crippen molar-refractivity contribution in [3.63, 3.8) is 0 Å². The van der Waals surface area contributed by atoms with Gasteiger partial charge in [0.15, 0.2) is 0 Å². The Kier molecular flexibility index (Phi) is 6.56. The summed E-state index contributed by atoms with van der Waals surface area (Å²) < 4.78 is 0. The number of nitrogens with zero attached hydrogens (tertiary/aromatic N) is 4. The van der Waals surface area contributed by atoms with Crippen LogP contribution in [-0.2, 0) is 11.2 Å². The Morgan fingerprint density at radius 3 is 2.33 bits per heavy atom. The number of urea groups is 1. The fourth-order valence-electron chi connectivity index (χ4n) is 2.89. The molecular weight excluding hydrogens is 344 g/mol. The van der Waals surface area contributed by atoms with Crippen LogP contribution in [0.5, 0.6) is 0 Å². The lowest BCUT2D eigenvalue weighted by Gasteiger charge is -2.34. The number of anilines is 1. The minimum absolute atomic E-state index is 0.0182. The van der Waals surface area contributed by atoms with E-state index in [1.165, 1.54) is 5.56 Å². The molecule has 1 aliphatic rings. The van der Waals surface area contributed by atoms with Gasteiger partial charge in [-0.3, -0.25) is 4.79 Å². The highest BCUT2D eigenvalue weighted by Crippen LogP contribution is 2.09. The summed E-state index contributed by atoms with van der Waals surface area (Å²) in [5.74, 6) is 0.492. The number of carbonyl (C=O) groups is 2. The van der Waals surface area contributed by atoms with Crippen LogP contribution in [0.3, 0.4) is 0 Å². The molecule has 0 bridgehead atoms. The standard InChI is InChI=1S/C19H24N6O2/c26-17(20-10-7-16-5-2-1-3-6-16)15-23-19(27)25-13-11-24(12-14-25)18-21-8-4-9-22-18/h1-6,8-9H,7,10-15H2,(H,20,26)(H,23,27). The van der Waals surface area contributed by atoms with Crippen LogP contribution in [0.2, 0.25) is 0 Å². The third kappa shape index (κ3) is 5.67. The van der Waals surface area contributed by atoms with E-state index < -0.39 is 0 Å². The average molecular weight is 368 g/mol. The highest BCUT2D eigenvalue weighted by atomic mass is 16.2. The normalized spacial score (nSPS) is 13.9. The molecule has 0 unspecified atom stereocenters. The molecule has 1 fully saturated rings. The summed E-state index contributed by atoms with van der Waals surface area (Å²) in [4.78, 5) is 36.3. The van der Waals surface area contributed by atoms with Crippen LogP contribution < -0.4 is 15.5 Å². The first-order valence-electron chi connectivity index (χ1n) is 9.08. The van der Waals surface area contributed by atoms with Gasteiger partial charge in [-0.15, -0.1) is 0 Å². The van der Waals surface area contributed by atoms with Crippen molar-refractivity contribution in [1.29, 1.82) is 0 Å². The second-order valence-electron chi connectivity index (χ2n) is 6.27. The first-order valence-corrected chi connectivity index (χ1v) is 9.08. The largest absolute Gasteiger partial charge is 0.354 e. The Hall–Kier alpha value is -3.16. The lowest BCUT2D eigenvalue weighted by atomic mass is 10.1. The number of piperazine rings is 1. The number of benzene rings is 1. The predicted octanol–water partition coefficient (Wildman–Crippen LogP) is 0.667. The molecule has 2 aromatic rings. The number of carbonyl (C=O) groups excluding carboxylic acids is 2. The van der Waals surface area contributed by atoms with E-state index in [2.05, 4.69) is 20.6 Å². The minimum atomic E-state index is -0.221. The van der Waals surface area contributed by atoms with Gasteiger partial charge in [0.25, 0.3) is 0 Å². The maximum Gasteiger partial charge on any atom is 0.317 e. The Balaban J connectivity index is 1.33. The monoisotopic (exact) mass is 368 g/mol. The van der Waals surface area contributed by atoms with Gasteiger partial charge < -0.3 is 20.4 Å². The lowest BCUT2D eigenvalue weighted by molar-refractivity contribution is -0.120. The van der Waals surface area contributed by atoms with Crippen LogP contribution in [0.25, 0.3) is 0 Å². The van der Waals surface area contributed by atoms with Crippen molar-refractivity contribution in [3.05, 3.63) is 54.4 Å². The molecule has 1 aromatic carbocycles. The van der Waals surface area contributed by atoms with E-state index >= 15 is 0 Å². The van der Waals surface area contributed by atoms with Gasteiger partial charge in [0, 0.05) is 45.1 Å². The third-order valence-corrected chi connectivity index (χ3v) is 4.38. The van der Waals surface area contributed by atoms with Crippen LogP contribution in [0, 0.1) is 0 Å². The highest BCUT2D eigenvalue weighted by molar-refractivity contribution is 5.84. The fourth-order valence-corrected chi connectivity index (χ4v) is 2.89. The highest BCUT2D eigenvalue weighted by Gasteiger charge is 2.22. The Bertz CT molecular complexity index is 732. The molecule has 1 saturated heterocycles. The predicted molar refractivity (Wildman–Crippen MR) is 102 cm³/mol. The molecule has 8 heteroatoms. The maximum absolute atomic E-state index is 12.2. The summed E-state index contributed by atoms with van der Waals surface area (Å²) in [5, 5.41) is 5.50. The zero-order valence-electron chi connectivity index (χ0n) is 15.2. The maximum atomic E-state index is 12.2. The summed E-state index contributed by atoms with van der Waals surface area (Å²) in [6.45, 7) is 3.00. The van der Waals surface area contributed by atoms with Crippen LogP contribution in [0.1, 0.15) is 5.56 Å². The van der Waals surface area contributed by atoms with Gasteiger partial charge in [0.05, 0.1) is 6.54 Å². The van der Waals surface area contributed by atoms with Crippen LogP contribution >= 0.6 is 0 Å². The van der Waals surface area contributed by atoms with Gasteiger partial charge in [-0.25, -0.2) is 14.8 Å². The second kappa shape index (κ2) is 9.51. The molecule has 8 nitrogen and oxygen atoms in total. The molecule has 0 saturated carbocycles. The molecule has 2 N–H and O–H groups in total. The van der Waals surface area contributed by atoms with Crippen molar-refractivity contribution in [2.24, 2.45) is 0 Å². The third-order valence-electron chi connectivity index (χ3n) is 4.38. The topological polar surface area (TPSA) is 90.5 Å². The van der Waals surface area contributed by atoms with Gasteiger partial charge in [-0.1, -0.05) is 30.3 Å². The van der Waals surface area contributed by atoms with Gasteiger partial charge in [0.1, 0.15) is 0 Å². The van der Waals surface area contributed by atoms with Crippen molar-refractivity contribution in [2.45, 2.75) is 6.42 Å². The van der Waals surface area contributed by atoms with E-state index in [4.69, 9.17) is 0 Å². The molecule has 0 aliphatic carbocycles. The molecule has 0 radical (unpaired) electrons. The molecular formula is C19H24N6O2. The zero-order chi connectivity index (χ0) is 18.9. The number of rotatable bonds is 6. The second-order valence-corrected chi connectivity index (χ2v) is 6.27. The first-order chi connectivity index (χ1) is 13.2. The number of amides is 3. The number of aromatic nitrogens is 2.